The number of carbonyl (C=O) groups is 2. The number of amides is 2. The molecular formula is C18H21N3O2S. The van der Waals surface area contributed by atoms with E-state index in [1.165, 1.54) is 11.3 Å². The van der Waals surface area contributed by atoms with Crippen LogP contribution in [0.4, 0.5) is 5.69 Å². The molecule has 0 unspecified atom stereocenters. The Morgan fingerprint density at radius 1 is 1.17 bits per heavy atom. The zero-order valence-electron chi connectivity index (χ0n) is 14.1. The molecule has 0 saturated heterocycles. The quantitative estimate of drug-likeness (QED) is 0.623. The fourth-order valence-electron chi connectivity index (χ4n) is 2.11. The molecule has 0 spiro atoms. The lowest BCUT2D eigenvalue weighted by Gasteiger charge is -2.09. The fourth-order valence-corrected chi connectivity index (χ4v) is 2.81. The summed E-state index contributed by atoms with van der Waals surface area (Å²) >= 11 is 1.53. The van der Waals surface area contributed by atoms with E-state index in [9.17, 15) is 9.59 Å². The maximum absolute atomic E-state index is 12.1. The second kappa shape index (κ2) is 8.40. The molecule has 0 atom stereocenters. The van der Waals surface area contributed by atoms with Gasteiger partial charge >= 0.3 is 0 Å². The summed E-state index contributed by atoms with van der Waals surface area (Å²) in [6, 6.07) is 9.71. The van der Waals surface area contributed by atoms with Crippen molar-refractivity contribution in [3.05, 3.63) is 51.7 Å². The third-order valence-corrected chi connectivity index (χ3v) is 4.25. The first-order chi connectivity index (χ1) is 11.4. The van der Waals surface area contributed by atoms with Crippen LogP contribution in [-0.2, 0) is 16.0 Å². The van der Waals surface area contributed by atoms with Gasteiger partial charge in [-0.25, -0.2) is 5.43 Å². The van der Waals surface area contributed by atoms with Crippen LogP contribution in [0.5, 0.6) is 0 Å². The fraction of sp³-hybridized carbons (Fsp3) is 0.278. The lowest BCUT2D eigenvalue weighted by Crippen LogP contribution is -2.22. The van der Waals surface area contributed by atoms with Crippen LogP contribution in [0.1, 0.15) is 29.3 Å². The van der Waals surface area contributed by atoms with Gasteiger partial charge < -0.3 is 5.32 Å². The van der Waals surface area contributed by atoms with Crippen molar-refractivity contribution in [2.24, 2.45) is 5.10 Å². The number of hydrazone groups is 1. The minimum Gasteiger partial charge on any atom is -0.326 e. The van der Waals surface area contributed by atoms with E-state index in [-0.39, 0.29) is 18.2 Å². The molecule has 1 heterocycles. The second-order valence-electron chi connectivity index (χ2n) is 5.68. The van der Waals surface area contributed by atoms with Crippen LogP contribution in [0.15, 0.2) is 40.8 Å². The van der Waals surface area contributed by atoms with Gasteiger partial charge in [0.2, 0.25) is 11.8 Å². The number of aryl methyl sites for hydroxylation is 2. The molecule has 6 heteroatoms. The summed E-state index contributed by atoms with van der Waals surface area (Å²) in [5, 5.41) is 8.79. The molecule has 0 aliphatic carbocycles. The van der Waals surface area contributed by atoms with Crippen LogP contribution < -0.4 is 10.7 Å². The van der Waals surface area contributed by atoms with E-state index in [0.29, 0.717) is 12.1 Å². The highest BCUT2D eigenvalue weighted by molar-refractivity contribution is 7.10. The molecule has 2 amide bonds. The van der Waals surface area contributed by atoms with Crippen LogP contribution in [0.25, 0.3) is 0 Å². The lowest BCUT2D eigenvalue weighted by atomic mass is 10.1. The molecule has 126 valence electrons. The van der Waals surface area contributed by atoms with Crippen LogP contribution in [0.2, 0.25) is 0 Å². The number of thiophene rings is 1. The van der Waals surface area contributed by atoms with Gasteiger partial charge in [-0.3, -0.25) is 9.59 Å². The van der Waals surface area contributed by atoms with Crippen LogP contribution in [0.3, 0.4) is 0 Å². The van der Waals surface area contributed by atoms with Crippen LogP contribution >= 0.6 is 11.3 Å². The molecule has 1 aromatic carbocycles. The Labute approximate surface area is 145 Å². The Balaban J connectivity index is 1.84. The number of carbonyl (C=O) groups excluding carboxylic acids is 2. The highest BCUT2D eigenvalue weighted by Crippen LogP contribution is 2.16. The van der Waals surface area contributed by atoms with Gasteiger partial charge in [0.25, 0.3) is 0 Å². The van der Waals surface area contributed by atoms with Crippen molar-refractivity contribution in [1.82, 2.24) is 5.43 Å². The lowest BCUT2D eigenvalue weighted by molar-refractivity contribution is -0.120. The van der Waals surface area contributed by atoms with Crippen molar-refractivity contribution >= 4 is 34.6 Å². The van der Waals surface area contributed by atoms with Crippen molar-refractivity contribution in [3.63, 3.8) is 0 Å². The molecule has 0 saturated carbocycles. The highest BCUT2D eigenvalue weighted by Gasteiger charge is 2.08. The molecule has 0 bridgehead atoms. The minimum atomic E-state index is -0.188. The standard InChI is InChI=1S/C18H21N3O2S/c1-12-6-7-13(2)16(9-12)19-17(22)10-14(3)20-21-18(23)11-15-5-4-8-24-15/h4-9H,10-11H2,1-3H3,(H,19,22)(H,21,23)/b20-14-. The van der Waals surface area contributed by atoms with Gasteiger partial charge in [0, 0.05) is 16.3 Å². The van der Waals surface area contributed by atoms with Crippen molar-refractivity contribution in [1.29, 1.82) is 0 Å². The summed E-state index contributed by atoms with van der Waals surface area (Å²) in [7, 11) is 0. The predicted octanol–water partition coefficient (Wildman–Crippen LogP) is 3.43. The predicted molar refractivity (Wildman–Crippen MR) is 98.4 cm³/mol. The maximum Gasteiger partial charge on any atom is 0.245 e. The summed E-state index contributed by atoms with van der Waals surface area (Å²) in [5.41, 5.74) is 5.93. The molecule has 5 nitrogen and oxygen atoms in total. The van der Waals surface area contributed by atoms with E-state index in [1.807, 2.05) is 49.6 Å². The molecule has 2 aromatic rings. The molecule has 1 aromatic heterocycles. The first-order valence-electron chi connectivity index (χ1n) is 7.65. The van der Waals surface area contributed by atoms with Crippen LogP contribution in [0, 0.1) is 13.8 Å². The summed E-state index contributed by atoms with van der Waals surface area (Å²) in [6.45, 7) is 5.64. The monoisotopic (exact) mass is 343 g/mol. The van der Waals surface area contributed by atoms with E-state index in [1.54, 1.807) is 6.92 Å². The molecule has 2 N–H and O–H groups in total. The van der Waals surface area contributed by atoms with E-state index >= 15 is 0 Å². The molecule has 0 fully saturated rings. The van der Waals surface area contributed by atoms with E-state index in [2.05, 4.69) is 15.8 Å². The number of nitrogens with one attached hydrogen (secondary N) is 2. The minimum absolute atomic E-state index is 0.132. The number of hydrogen-bond acceptors (Lipinski definition) is 4. The number of benzene rings is 1. The van der Waals surface area contributed by atoms with Gasteiger partial charge in [-0.1, -0.05) is 18.2 Å². The largest absolute Gasteiger partial charge is 0.326 e. The Hall–Kier alpha value is -2.47. The van der Waals surface area contributed by atoms with E-state index in [0.717, 1.165) is 21.7 Å². The zero-order valence-corrected chi connectivity index (χ0v) is 14.9. The first kappa shape index (κ1) is 17.9. The number of anilines is 1. The zero-order chi connectivity index (χ0) is 17.5. The molecular weight excluding hydrogens is 322 g/mol. The molecule has 2 rings (SSSR count). The van der Waals surface area contributed by atoms with E-state index in [4.69, 9.17) is 0 Å². The summed E-state index contributed by atoms with van der Waals surface area (Å²) in [6.07, 6.45) is 0.426. The second-order valence-corrected chi connectivity index (χ2v) is 6.71. The van der Waals surface area contributed by atoms with Crippen molar-refractivity contribution < 1.29 is 9.59 Å². The Morgan fingerprint density at radius 2 is 1.96 bits per heavy atom. The smallest absolute Gasteiger partial charge is 0.245 e. The van der Waals surface area contributed by atoms with Gasteiger partial charge in [0.15, 0.2) is 0 Å². The van der Waals surface area contributed by atoms with Crippen molar-refractivity contribution in [2.45, 2.75) is 33.6 Å². The number of hydrogen-bond donors (Lipinski definition) is 2. The Bertz CT molecular complexity index is 752. The third-order valence-electron chi connectivity index (χ3n) is 3.37. The average molecular weight is 343 g/mol. The summed E-state index contributed by atoms with van der Waals surface area (Å²) in [4.78, 5) is 24.8. The SMILES string of the molecule is C/C(CC(=O)Nc1cc(C)ccc1C)=N/NC(=O)Cc1cccs1. The average Bonchev–Trinajstić information content (AvgIpc) is 3.01. The van der Waals surface area contributed by atoms with Gasteiger partial charge in [-0.05, 0) is 49.4 Å². The third kappa shape index (κ3) is 5.62. The van der Waals surface area contributed by atoms with E-state index < -0.39 is 0 Å². The Kier molecular flexibility index (Phi) is 6.26. The summed E-state index contributed by atoms with van der Waals surface area (Å²) in [5.74, 6) is -0.343. The topological polar surface area (TPSA) is 70.6 Å². The normalized spacial score (nSPS) is 11.2. The molecule has 0 aliphatic rings. The number of rotatable bonds is 6. The highest BCUT2D eigenvalue weighted by atomic mass is 32.1. The van der Waals surface area contributed by atoms with Crippen LogP contribution in [-0.4, -0.2) is 17.5 Å². The van der Waals surface area contributed by atoms with Gasteiger partial charge in [-0.15, -0.1) is 11.3 Å². The summed E-state index contributed by atoms with van der Waals surface area (Å²) < 4.78 is 0. The van der Waals surface area contributed by atoms with Gasteiger partial charge in [0.05, 0.1) is 12.8 Å². The molecule has 0 radical (unpaired) electrons. The first-order valence-corrected chi connectivity index (χ1v) is 8.53. The van der Waals surface area contributed by atoms with Gasteiger partial charge in [0.1, 0.15) is 0 Å². The van der Waals surface area contributed by atoms with Crippen molar-refractivity contribution in [2.75, 3.05) is 5.32 Å². The van der Waals surface area contributed by atoms with Crippen molar-refractivity contribution in [3.8, 4) is 0 Å². The number of nitrogens with zero attached hydrogens (tertiary/aromatic N) is 1. The maximum atomic E-state index is 12.1. The van der Waals surface area contributed by atoms with Gasteiger partial charge in [-0.2, -0.15) is 5.10 Å². The Morgan fingerprint density at radius 3 is 2.67 bits per heavy atom. The molecule has 0 aliphatic heterocycles. The molecule has 24 heavy (non-hydrogen) atoms.